The number of benzene rings is 2. The Balaban J connectivity index is 2.00. The summed E-state index contributed by atoms with van der Waals surface area (Å²) in [6.07, 6.45) is 0. The molecule has 0 fully saturated rings. The zero-order valence-electron chi connectivity index (χ0n) is 15.4. The number of hydrogen-bond acceptors (Lipinski definition) is 7. The standard InChI is InChI=1S/C18H18BrN3O6/c1-11(12-4-6-17(27-3)15(8-12)22(24)25)20-21-18(23)10-28-16-7-5-13(26-2)9-14(16)19/h4-9H,10H2,1-3H3,(H,21,23)/b20-11+. The summed E-state index contributed by atoms with van der Waals surface area (Å²) in [4.78, 5) is 22.5. The van der Waals surface area contributed by atoms with E-state index in [1.807, 2.05) is 0 Å². The third kappa shape index (κ3) is 5.43. The molecule has 1 amide bonds. The Morgan fingerprint density at radius 1 is 1.18 bits per heavy atom. The maximum absolute atomic E-state index is 12.0. The number of hydrogen-bond donors (Lipinski definition) is 1. The van der Waals surface area contributed by atoms with Gasteiger partial charge in [-0.05, 0) is 53.2 Å². The molecule has 2 aromatic carbocycles. The first-order valence-corrected chi connectivity index (χ1v) is 8.77. The molecule has 1 N–H and O–H groups in total. The zero-order chi connectivity index (χ0) is 20.7. The molecule has 0 bridgehead atoms. The largest absolute Gasteiger partial charge is 0.497 e. The van der Waals surface area contributed by atoms with Gasteiger partial charge in [-0.3, -0.25) is 14.9 Å². The van der Waals surface area contributed by atoms with Gasteiger partial charge in [-0.2, -0.15) is 5.10 Å². The van der Waals surface area contributed by atoms with Gasteiger partial charge in [0.05, 0.1) is 29.3 Å². The Labute approximate surface area is 169 Å². The minimum atomic E-state index is -0.547. The van der Waals surface area contributed by atoms with Crippen molar-refractivity contribution in [2.45, 2.75) is 6.92 Å². The van der Waals surface area contributed by atoms with E-state index in [-0.39, 0.29) is 18.0 Å². The van der Waals surface area contributed by atoms with Crippen LogP contribution in [0.1, 0.15) is 12.5 Å². The zero-order valence-corrected chi connectivity index (χ0v) is 17.0. The number of nitro groups is 1. The molecule has 28 heavy (non-hydrogen) atoms. The van der Waals surface area contributed by atoms with Gasteiger partial charge in [0.2, 0.25) is 0 Å². The van der Waals surface area contributed by atoms with Gasteiger partial charge in [0, 0.05) is 11.6 Å². The predicted octanol–water partition coefficient (Wildman–Crippen LogP) is 3.29. The van der Waals surface area contributed by atoms with Crippen LogP contribution in [0.25, 0.3) is 0 Å². The summed E-state index contributed by atoms with van der Waals surface area (Å²) in [5.74, 6) is 0.786. The van der Waals surface area contributed by atoms with Crippen molar-refractivity contribution in [1.82, 2.24) is 5.43 Å². The van der Waals surface area contributed by atoms with Crippen molar-refractivity contribution in [2.75, 3.05) is 20.8 Å². The molecule has 0 atom stereocenters. The van der Waals surface area contributed by atoms with E-state index in [0.29, 0.717) is 27.2 Å². The van der Waals surface area contributed by atoms with Crippen LogP contribution in [0, 0.1) is 10.1 Å². The van der Waals surface area contributed by atoms with Crippen LogP contribution in [0.3, 0.4) is 0 Å². The highest BCUT2D eigenvalue weighted by Gasteiger charge is 2.16. The van der Waals surface area contributed by atoms with Gasteiger partial charge >= 0.3 is 5.69 Å². The van der Waals surface area contributed by atoms with Crippen molar-refractivity contribution in [3.63, 3.8) is 0 Å². The van der Waals surface area contributed by atoms with Gasteiger partial charge in [0.25, 0.3) is 5.91 Å². The number of rotatable bonds is 8. The summed E-state index contributed by atoms with van der Waals surface area (Å²) in [7, 11) is 2.90. The van der Waals surface area contributed by atoms with Gasteiger partial charge < -0.3 is 14.2 Å². The molecule has 0 aliphatic carbocycles. The summed E-state index contributed by atoms with van der Waals surface area (Å²) < 4.78 is 16.1. The van der Waals surface area contributed by atoms with Crippen LogP contribution in [0.2, 0.25) is 0 Å². The van der Waals surface area contributed by atoms with Crippen LogP contribution in [-0.2, 0) is 4.79 Å². The van der Waals surface area contributed by atoms with E-state index in [2.05, 4.69) is 26.5 Å². The number of hydrazone groups is 1. The van der Waals surface area contributed by atoms with Gasteiger partial charge in [-0.1, -0.05) is 0 Å². The molecule has 2 rings (SSSR count). The number of carbonyl (C=O) groups is 1. The molecule has 148 valence electrons. The molecular formula is C18H18BrN3O6. The third-order valence-electron chi connectivity index (χ3n) is 3.64. The van der Waals surface area contributed by atoms with Crippen LogP contribution in [-0.4, -0.2) is 37.4 Å². The van der Waals surface area contributed by atoms with Crippen LogP contribution < -0.4 is 19.6 Å². The quantitative estimate of drug-likeness (QED) is 0.374. The summed E-state index contributed by atoms with van der Waals surface area (Å²) in [6, 6.07) is 9.50. The highest BCUT2D eigenvalue weighted by atomic mass is 79.9. The monoisotopic (exact) mass is 451 g/mol. The molecule has 2 aromatic rings. The molecular weight excluding hydrogens is 434 g/mol. The maximum Gasteiger partial charge on any atom is 0.311 e. The topological polar surface area (TPSA) is 112 Å². The number of nitro benzene ring substituents is 1. The molecule has 0 spiro atoms. The first-order chi connectivity index (χ1) is 13.3. The molecule has 0 unspecified atom stereocenters. The fourth-order valence-corrected chi connectivity index (χ4v) is 2.64. The fraction of sp³-hybridized carbons (Fsp3) is 0.222. The van der Waals surface area contributed by atoms with Crippen molar-refractivity contribution < 1.29 is 23.9 Å². The first-order valence-electron chi connectivity index (χ1n) is 7.98. The fourth-order valence-electron chi connectivity index (χ4n) is 2.17. The number of methoxy groups -OCH3 is 2. The third-order valence-corrected chi connectivity index (χ3v) is 4.26. The van der Waals surface area contributed by atoms with E-state index in [4.69, 9.17) is 14.2 Å². The predicted molar refractivity (Wildman–Crippen MR) is 106 cm³/mol. The molecule has 0 heterocycles. The number of nitrogens with one attached hydrogen (secondary N) is 1. The lowest BCUT2D eigenvalue weighted by atomic mass is 10.1. The number of amides is 1. The normalized spacial score (nSPS) is 10.9. The molecule has 0 aromatic heterocycles. The van der Waals surface area contributed by atoms with Gasteiger partial charge in [0.15, 0.2) is 12.4 Å². The highest BCUT2D eigenvalue weighted by molar-refractivity contribution is 9.10. The number of ether oxygens (including phenoxy) is 3. The smallest absolute Gasteiger partial charge is 0.311 e. The summed E-state index contributed by atoms with van der Waals surface area (Å²) in [6.45, 7) is 1.36. The number of carbonyl (C=O) groups excluding carboxylic acids is 1. The van der Waals surface area contributed by atoms with Crippen molar-refractivity contribution in [3.8, 4) is 17.2 Å². The van der Waals surface area contributed by atoms with Crippen molar-refractivity contribution in [1.29, 1.82) is 0 Å². The van der Waals surface area contributed by atoms with E-state index < -0.39 is 10.8 Å². The number of halogens is 1. The number of nitrogens with zero attached hydrogens (tertiary/aromatic N) is 2. The van der Waals surface area contributed by atoms with Crippen molar-refractivity contribution in [3.05, 3.63) is 56.5 Å². The Morgan fingerprint density at radius 2 is 1.89 bits per heavy atom. The average Bonchev–Trinajstić information content (AvgIpc) is 2.70. The van der Waals surface area contributed by atoms with Crippen LogP contribution in [0.4, 0.5) is 5.69 Å². The Hall–Kier alpha value is -3.14. The lowest BCUT2D eigenvalue weighted by molar-refractivity contribution is -0.385. The molecule has 9 nitrogen and oxygen atoms in total. The Morgan fingerprint density at radius 3 is 2.50 bits per heavy atom. The minimum Gasteiger partial charge on any atom is -0.497 e. The van der Waals surface area contributed by atoms with E-state index >= 15 is 0 Å². The second kappa shape index (κ2) is 9.70. The SMILES string of the molecule is COc1ccc(OCC(=O)N/N=C(\C)c2ccc(OC)c([N+](=O)[O-])c2)c(Br)c1. The lowest BCUT2D eigenvalue weighted by Gasteiger charge is -2.09. The molecule has 0 saturated carbocycles. The van der Waals surface area contributed by atoms with E-state index in [9.17, 15) is 14.9 Å². The first kappa shape index (κ1) is 21.2. The maximum atomic E-state index is 12.0. The molecule has 10 heteroatoms. The summed E-state index contributed by atoms with van der Waals surface area (Å²) in [5, 5.41) is 15.1. The Bertz CT molecular complexity index is 916. The van der Waals surface area contributed by atoms with Gasteiger partial charge in [-0.25, -0.2) is 5.43 Å². The van der Waals surface area contributed by atoms with E-state index in [1.165, 1.54) is 19.2 Å². The van der Waals surface area contributed by atoms with Gasteiger partial charge in [-0.15, -0.1) is 0 Å². The minimum absolute atomic E-state index is 0.143. The van der Waals surface area contributed by atoms with E-state index in [1.54, 1.807) is 38.3 Å². The van der Waals surface area contributed by atoms with Crippen molar-refractivity contribution in [2.24, 2.45) is 5.10 Å². The lowest BCUT2D eigenvalue weighted by Crippen LogP contribution is -2.25. The summed E-state index contributed by atoms with van der Waals surface area (Å²) >= 11 is 3.33. The molecule has 0 aliphatic rings. The van der Waals surface area contributed by atoms with Crippen LogP contribution >= 0.6 is 15.9 Å². The molecule has 0 radical (unpaired) electrons. The van der Waals surface area contributed by atoms with E-state index in [0.717, 1.165) is 0 Å². The van der Waals surface area contributed by atoms with Crippen LogP contribution in [0.5, 0.6) is 17.2 Å². The molecule has 0 saturated heterocycles. The Kier molecular flexibility index (Phi) is 7.33. The second-order valence-corrected chi connectivity index (χ2v) is 6.32. The highest BCUT2D eigenvalue weighted by Crippen LogP contribution is 2.29. The molecule has 0 aliphatic heterocycles. The second-order valence-electron chi connectivity index (χ2n) is 5.46. The average molecular weight is 452 g/mol. The van der Waals surface area contributed by atoms with Crippen LogP contribution in [0.15, 0.2) is 46.0 Å². The van der Waals surface area contributed by atoms with Gasteiger partial charge in [0.1, 0.15) is 11.5 Å². The van der Waals surface area contributed by atoms with Crippen molar-refractivity contribution >= 4 is 33.2 Å². The summed E-state index contributed by atoms with van der Waals surface area (Å²) in [5.41, 5.74) is 3.04.